The normalized spacial score (nSPS) is 24.4. The Kier molecular flexibility index (Phi) is 5.94. The third-order valence-electron chi connectivity index (χ3n) is 10.3. The molecule has 4 unspecified atom stereocenters. The molecule has 4 aromatic rings. The van der Waals surface area contributed by atoms with E-state index in [1.54, 1.807) is 0 Å². The van der Waals surface area contributed by atoms with E-state index < -0.39 is 0 Å². The van der Waals surface area contributed by atoms with Crippen LogP contribution < -0.4 is 15.5 Å². The minimum Gasteiger partial charge on any atom is -0.505 e. The largest absolute Gasteiger partial charge is 0.505 e. The molecule has 44 heavy (non-hydrogen) atoms. The van der Waals surface area contributed by atoms with E-state index in [2.05, 4.69) is 120 Å². The van der Waals surface area contributed by atoms with Crippen molar-refractivity contribution < 1.29 is 9.52 Å². The van der Waals surface area contributed by atoms with Crippen LogP contribution in [0, 0.1) is 17.8 Å². The monoisotopic (exact) mass is 573 g/mol. The van der Waals surface area contributed by atoms with Crippen molar-refractivity contribution in [3.8, 4) is 5.75 Å². The maximum atomic E-state index is 11.9. The highest BCUT2D eigenvalue weighted by atomic mass is 16.3. The molecular weight excluding hydrogens is 538 g/mol. The van der Waals surface area contributed by atoms with Crippen LogP contribution in [0.1, 0.15) is 49.1 Å². The highest BCUT2D eigenvalue weighted by Gasteiger charge is 2.45. The van der Waals surface area contributed by atoms with Crippen LogP contribution in [0.3, 0.4) is 0 Å². The van der Waals surface area contributed by atoms with Crippen LogP contribution in [0.25, 0.3) is 28.2 Å². The number of benzene rings is 3. The summed E-state index contributed by atoms with van der Waals surface area (Å²) in [7, 11) is 0. The van der Waals surface area contributed by atoms with Crippen LogP contribution in [0.5, 0.6) is 5.75 Å². The fourth-order valence-corrected chi connectivity index (χ4v) is 7.95. The predicted octanol–water partition coefficient (Wildman–Crippen LogP) is 9.10. The van der Waals surface area contributed by atoms with Gasteiger partial charge in [0, 0.05) is 33.8 Å². The number of nitrogens with zero attached hydrogens (tertiary/aromatic N) is 1. The Morgan fingerprint density at radius 1 is 0.864 bits per heavy atom. The Balaban J connectivity index is 1.22. The molecule has 0 aliphatic heterocycles. The highest BCUT2D eigenvalue weighted by molar-refractivity contribution is 5.90. The minimum absolute atomic E-state index is 0.140. The van der Waals surface area contributed by atoms with Gasteiger partial charge in [-0.2, -0.15) is 0 Å². The smallest absolute Gasteiger partial charge is 0.143 e. The molecule has 5 aliphatic carbocycles. The van der Waals surface area contributed by atoms with Crippen molar-refractivity contribution in [3.05, 3.63) is 137 Å². The maximum absolute atomic E-state index is 11.9. The number of phenols is 1. The molecule has 1 heterocycles. The van der Waals surface area contributed by atoms with Gasteiger partial charge in [0.2, 0.25) is 0 Å². The average molecular weight is 574 g/mol. The number of phenolic OH excluding ortho intramolecular Hbond substituents is 1. The lowest BCUT2D eigenvalue weighted by Crippen LogP contribution is -2.31. The number of para-hydroxylation sites is 1. The summed E-state index contributed by atoms with van der Waals surface area (Å²) in [5, 5.41) is 14.3. The first-order valence-electron chi connectivity index (χ1n) is 16.1. The molecular formula is C41H35NO2. The molecule has 9 rings (SSSR count). The summed E-state index contributed by atoms with van der Waals surface area (Å²) >= 11 is 0. The van der Waals surface area contributed by atoms with E-state index in [4.69, 9.17) is 4.42 Å². The van der Waals surface area contributed by atoms with E-state index in [-0.39, 0.29) is 5.92 Å². The van der Waals surface area contributed by atoms with Crippen molar-refractivity contribution in [2.24, 2.45) is 17.8 Å². The number of allylic oxidation sites excluding steroid dienone is 10. The fourth-order valence-electron chi connectivity index (χ4n) is 7.95. The number of hydrogen-bond acceptors (Lipinski definition) is 3. The number of hydrogen-bond donors (Lipinski definition) is 1. The van der Waals surface area contributed by atoms with E-state index in [1.807, 2.05) is 6.07 Å². The molecule has 0 spiro atoms. The zero-order valence-electron chi connectivity index (χ0n) is 24.7. The predicted molar refractivity (Wildman–Crippen MR) is 181 cm³/mol. The summed E-state index contributed by atoms with van der Waals surface area (Å²) < 4.78 is 6.59. The van der Waals surface area contributed by atoms with Crippen molar-refractivity contribution in [2.75, 3.05) is 4.90 Å². The standard InChI is InChI=1S/C41H35NO2/c43-41-32(27-11-5-2-6-12-27)15-8-16-37(41)42(30-14-7-13-28(23-30)26-9-3-1-4-10-26)31-18-20-35-39(25-31)44-38-22-21-33-34(40(35)38)19-17-29-24-36(29)33/h1-3,5-9,11,13-20,22-23,25,27,29,33,36,43H,4,10,12,21,24H2. The lowest BCUT2D eigenvalue weighted by molar-refractivity contribution is 0.466. The van der Waals surface area contributed by atoms with Crippen LogP contribution in [0.15, 0.2) is 120 Å². The maximum Gasteiger partial charge on any atom is 0.143 e. The van der Waals surface area contributed by atoms with E-state index in [0.717, 1.165) is 71.1 Å². The third kappa shape index (κ3) is 4.17. The summed E-state index contributed by atoms with van der Waals surface area (Å²) in [6, 6.07) is 21.4. The molecule has 1 N–H and O–H groups in total. The first kappa shape index (κ1) is 25.7. The Labute approximate surface area is 257 Å². The molecule has 5 aliphatic rings. The molecule has 3 heteroatoms. The van der Waals surface area contributed by atoms with Gasteiger partial charge >= 0.3 is 0 Å². The molecule has 1 fully saturated rings. The summed E-state index contributed by atoms with van der Waals surface area (Å²) in [6.07, 6.45) is 27.5. The van der Waals surface area contributed by atoms with Crippen molar-refractivity contribution in [3.63, 3.8) is 0 Å². The number of anilines is 3. The first-order chi connectivity index (χ1) is 21.7. The van der Waals surface area contributed by atoms with Gasteiger partial charge in [-0.25, -0.2) is 0 Å². The number of fused-ring (bicyclic) bond motifs is 6. The van der Waals surface area contributed by atoms with Gasteiger partial charge < -0.3 is 14.4 Å². The fraction of sp³-hybridized carbons (Fsp3) is 0.220. The van der Waals surface area contributed by atoms with Gasteiger partial charge in [-0.05, 0) is 103 Å². The SMILES string of the molecule is Oc1c(C2C=CC=CC2)cccc1N(c1cccc(C2=CC=CCC2)c1)c1ccc2c3c(oc2c1)=CCC1C=3C=CC2CC21. The Hall–Kier alpha value is -4.76. The lowest BCUT2D eigenvalue weighted by Gasteiger charge is -2.28. The molecule has 4 atom stereocenters. The second-order valence-electron chi connectivity index (χ2n) is 12.9. The van der Waals surface area contributed by atoms with Crippen LogP contribution in [-0.4, -0.2) is 5.11 Å². The highest BCUT2D eigenvalue weighted by Crippen LogP contribution is 2.53. The number of rotatable bonds is 5. The Bertz CT molecular complexity index is 2100. The van der Waals surface area contributed by atoms with Crippen molar-refractivity contribution in [1.82, 2.24) is 0 Å². The second-order valence-corrected chi connectivity index (χ2v) is 12.9. The van der Waals surface area contributed by atoms with E-state index >= 15 is 0 Å². The van der Waals surface area contributed by atoms with E-state index in [0.29, 0.717) is 11.7 Å². The van der Waals surface area contributed by atoms with Gasteiger partial charge in [0.15, 0.2) is 0 Å². The van der Waals surface area contributed by atoms with E-state index in [9.17, 15) is 5.11 Å². The van der Waals surface area contributed by atoms with Gasteiger partial charge in [0.05, 0.1) is 11.4 Å². The molecule has 216 valence electrons. The zero-order valence-corrected chi connectivity index (χ0v) is 24.7. The third-order valence-corrected chi connectivity index (χ3v) is 10.3. The Morgan fingerprint density at radius 2 is 1.80 bits per heavy atom. The van der Waals surface area contributed by atoms with Crippen molar-refractivity contribution >= 4 is 45.3 Å². The molecule has 0 saturated heterocycles. The molecule has 0 bridgehead atoms. The number of furan rings is 1. The number of aromatic hydroxyl groups is 1. The van der Waals surface area contributed by atoms with Crippen LogP contribution in [-0.2, 0) is 0 Å². The molecule has 1 saturated carbocycles. The summed E-state index contributed by atoms with van der Waals surface area (Å²) in [5.41, 5.74) is 9.57. The topological polar surface area (TPSA) is 36.6 Å². The first-order valence-corrected chi connectivity index (χ1v) is 16.1. The van der Waals surface area contributed by atoms with Crippen molar-refractivity contribution in [2.45, 2.75) is 38.0 Å². The molecule has 3 aromatic carbocycles. The van der Waals surface area contributed by atoms with Gasteiger partial charge in [-0.3, -0.25) is 0 Å². The van der Waals surface area contributed by atoms with Crippen LogP contribution in [0.2, 0.25) is 0 Å². The molecule has 0 amide bonds. The zero-order chi connectivity index (χ0) is 29.2. The van der Waals surface area contributed by atoms with Gasteiger partial charge in [0.1, 0.15) is 16.7 Å². The van der Waals surface area contributed by atoms with E-state index in [1.165, 1.54) is 33.7 Å². The quantitative estimate of drug-likeness (QED) is 0.259. The minimum atomic E-state index is 0.140. The average Bonchev–Trinajstić information content (AvgIpc) is 3.79. The summed E-state index contributed by atoms with van der Waals surface area (Å²) in [6.45, 7) is 0. The van der Waals surface area contributed by atoms with Gasteiger partial charge in [0.25, 0.3) is 0 Å². The Morgan fingerprint density at radius 3 is 2.68 bits per heavy atom. The van der Waals surface area contributed by atoms with Crippen LogP contribution in [0.4, 0.5) is 17.1 Å². The van der Waals surface area contributed by atoms with Gasteiger partial charge in [-0.1, -0.05) is 78.9 Å². The van der Waals surface area contributed by atoms with Crippen molar-refractivity contribution in [1.29, 1.82) is 0 Å². The molecule has 0 radical (unpaired) electrons. The molecule has 3 nitrogen and oxygen atoms in total. The molecule has 1 aromatic heterocycles. The summed E-state index contributed by atoms with van der Waals surface area (Å²) in [5.74, 6) is 2.65. The van der Waals surface area contributed by atoms with Crippen LogP contribution >= 0.6 is 0 Å². The second kappa shape index (κ2) is 10.2. The lowest BCUT2D eigenvalue weighted by atomic mass is 9.82. The van der Waals surface area contributed by atoms with Gasteiger partial charge in [-0.15, -0.1) is 0 Å². The summed E-state index contributed by atoms with van der Waals surface area (Å²) in [4.78, 5) is 2.19.